The maximum absolute atomic E-state index is 12.8. The van der Waals surface area contributed by atoms with Crippen molar-refractivity contribution in [1.29, 1.82) is 0 Å². The SMILES string of the molecule is COC(=O)c1cc(-c2ccc(C(=O)F)cc2)cc2c1c(C)cn2C(C)C. The van der Waals surface area contributed by atoms with Crippen LogP contribution in [-0.2, 0) is 4.74 Å². The highest BCUT2D eigenvalue weighted by molar-refractivity contribution is 6.07. The van der Waals surface area contributed by atoms with Crippen LogP contribution in [0.1, 0.15) is 46.2 Å². The van der Waals surface area contributed by atoms with Gasteiger partial charge in [0.1, 0.15) is 0 Å². The van der Waals surface area contributed by atoms with Crippen molar-refractivity contribution < 1.29 is 18.7 Å². The summed E-state index contributed by atoms with van der Waals surface area (Å²) in [6.07, 6.45) is 2.02. The molecule has 0 saturated heterocycles. The van der Waals surface area contributed by atoms with Gasteiger partial charge in [0.15, 0.2) is 0 Å². The molecule has 0 bridgehead atoms. The number of fused-ring (bicyclic) bond motifs is 1. The Bertz CT molecular complexity index is 1000. The number of esters is 1. The zero-order valence-electron chi connectivity index (χ0n) is 15.2. The third-order valence-electron chi connectivity index (χ3n) is 4.53. The van der Waals surface area contributed by atoms with E-state index in [4.69, 9.17) is 4.74 Å². The molecule has 5 heteroatoms. The average molecular weight is 353 g/mol. The number of methoxy groups -OCH3 is 1. The van der Waals surface area contributed by atoms with Crippen molar-refractivity contribution in [3.63, 3.8) is 0 Å². The lowest BCUT2D eigenvalue weighted by Gasteiger charge is -2.12. The molecule has 1 heterocycles. The lowest BCUT2D eigenvalue weighted by atomic mass is 9.98. The molecule has 0 aliphatic heterocycles. The third kappa shape index (κ3) is 3.01. The number of benzene rings is 2. The van der Waals surface area contributed by atoms with Gasteiger partial charge in [0.2, 0.25) is 0 Å². The molecule has 0 fully saturated rings. The highest BCUT2D eigenvalue weighted by Gasteiger charge is 2.19. The monoisotopic (exact) mass is 353 g/mol. The van der Waals surface area contributed by atoms with Crippen molar-refractivity contribution in [1.82, 2.24) is 4.57 Å². The zero-order chi connectivity index (χ0) is 19.0. The summed E-state index contributed by atoms with van der Waals surface area (Å²) in [4.78, 5) is 23.2. The first kappa shape index (κ1) is 17.9. The summed E-state index contributed by atoms with van der Waals surface area (Å²) in [7, 11) is 1.36. The first-order valence-electron chi connectivity index (χ1n) is 8.37. The summed E-state index contributed by atoms with van der Waals surface area (Å²) in [5.74, 6) is -0.406. The molecule has 3 rings (SSSR count). The van der Waals surface area contributed by atoms with E-state index in [2.05, 4.69) is 18.4 Å². The Kier molecular flexibility index (Phi) is 4.64. The Morgan fingerprint density at radius 2 is 1.73 bits per heavy atom. The summed E-state index contributed by atoms with van der Waals surface area (Å²) in [6.45, 7) is 6.12. The van der Waals surface area contributed by atoms with E-state index in [1.807, 2.05) is 19.2 Å². The summed E-state index contributed by atoms with van der Waals surface area (Å²) in [5, 5.41) is 0.866. The van der Waals surface area contributed by atoms with Crippen LogP contribution in [0, 0.1) is 6.92 Å². The van der Waals surface area contributed by atoms with Crippen molar-refractivity contribution in [2.24, 2.45) is 0 Å². The number of aromatic nitrogens is 1. The van der Waals surface area contributed by atoms with Gasteiger partial charge in [0.25, 0.3) is 0 Å². The Balaban J connectivity index is 2.27. The Labute approximate surface area is 151 Å². The minimum Gasteiger partial charge on any atom is -0.465 e. The summed E-state index contributed by atoms with van der Waals surface area (Å²) in [6, 6.07) is 8.75. The molecule has 0 radical (unpaired) electrons. The van der Waals surface area contributed by atoms with Crippen LogP contribution < -0.4 is 0 Å². The second kappa shape index (κ2) is 6.75. The van der Waals surface area contributed by atoms with Crippen molar-refractivity contribution in [3.05, 3.63) is 59.3 Å². The van der Waals surface area contributed by atoms with Gasteiger partial charge in [-0.25, -0.2) is 4.79 Å². The van der Waals surface area contributed by atoms with Crippen molar-refractivity contribution in [2.75, 3.05) is 7.11 Å². The topological polar surface area (TPSA) is 48.3 Å². The second-order valence-electron chi connectivity index (χ2n) is 6.57. The molecule has 1 aromatic heterocycles. The molecular weight excluding hydrogens is 333 g/mol. The maximum Gasteiger partial charge on any atom is 0.338 e. The number of hydrogen-bond acceptors (Lipinski definition) is 3. The Morgan fingerprint density at radius 1 is 1.08 bits per heavy atom. The number of aryl methyl sites for hydroxylation is 1. The van der Waals surface area contributed by atoms with Gasteiger partial charge in [-0.1, -0.05) is 12.1 Å². The lowest BCUT2D eigenvalue weighted by Crippen LogP contribution is -2.04. The number of hydrogen-bond donors (Lipinski definition) is 0. The van der Waals surface area contributed by atoms with Crippen LogP contribution in [0.15, 0.2) is 42.6 Å². The van der Waals surface area contributed by atoms with Gasteiger partial charge in [-0.3, -0.25) is 4.79 Å². The predicted octanol–water partition coefficient (Wildman–Crippen LogP) is 5.09. The van der Waals surface area contributed by atoms with Gasteiger partial charge >= 0.3 is 12.0 Å². The van der Waals surface area contributed by atoms with Crippen LogP contribution in [0.4, 0.5) is 4.39 Å². The summed E-state index contributed by atoms with van der Waals surface area (Å²) >= 11 is 0. The standard InChI is InChI=1S/C21H20FNO3/c1-12(2)23-11-13(3)19-17(21(25)26-4)9-16(10-18(19)23)14-5-7-15(8-6-14)20(22)24/h5-12H,1-4H3. The Hall–Kier alpha value is -2.95. The minimum absolute atomic E-state index is 0.00409. The molecule has 0 spiro atoms. The highest BCUT2D eigenvalue weighted by Crippen LogP contribution is 2.33. The normalized spacial score (nSPS) is 11.2. The van der Waals surface area contributed by atoms with E-state index in [1.165, 1.54) is 19.2 Å². The second-order valence-corrected chi connectivity index (χ2v) is 6.57. The largest absolute Gasteiger partial charge is 0.465 e. The number of carbonyl (C=O) groups excluding carboxylic acids is 2. The maximum atomic E-state index is 12.8. The third-order valence-corrected chi connectivity index (χ3v) is 4.53. The van der Waals surface area contributed by atoms with Gasteiger partial charge in [-0.05, 0) is 61.7 Å². The number of ether oxygens (including phenoxy) is 1. The van der Waals surface area contributed by atoms with Crippen LogP contribution >= 0.6 is 0 Å². The first-order valence-corrected chi connectivity index (χ1v) is 8.37. The minimum atomic E-state index is -1.47. The summed E-state index contributed by atoms with van der Waals surface area (Å²) in [5.41, 5.74) is 4.01. The molecule has 0 aliphatic rings. The number of carbonyl (C=O) groups is 2. The quantitative estimate of drug-likeness (QED) is 0.485. The van der Waals surface area contributed by atoms with Gasteiger partial charge in [-0.2, -0.15) is 4.39 Å². The fourth-order valence-corrected chi connectivity index (χ4v) is 3.25. The van der Waals surface area contributed by atoms with Crippen molar-refractivity contribution >= 4 is 22.9 Å². The number of nitrogens with zero attached hydrogens (tertiary/aromatic N) is 1. The van der Waals surface area contributed by atoms with E-state index in [0.717, 1.165) is 27.6 Å². The predicted molar refractivity (Wildman–Crippen MR) is 99.3 cm³/mol. The number of rotatable bonds is 4. The molecule has 0 atom stereocenters. The molecule has 0 N–H and O–H groups in total. The average Bonchev–Trinajstić information content (AvgIpc) is 2.97. The van der Waals surface area contributed by atoms with Crippen molar-refractivity contribution in [2.45, 2.75) is 26.8 Å². The fourth-order valence-electron chi connectivity index (χ4n) is 3.25. The van der Waals surface area contributed by atoms with Gasteiger partial charge < -0.3 is 9.30 Å². The summed E-state index contributed by atoms with van der Waals surface area (Å²) < 4.78 is 19.9. The number of halogens is 1. The highest BCUT2D eigenvalue weighted by atomic mass is 19.1. The van der Waals surface area contributed by atoms with Crippen LogP contribution in [0.5, 0.6) is 0 Å². The molecule has 0 unspecified atom stereocenters. The molecule has 26 heavy (non-hydrogen) atoms. The molecule has 3 aromatic rings. The molecule has 0 aliphatic carbocycles. The zero-order valence-corrected chi connectivity index (χ0v) is 15.2. The molecular formula is C21H20FNO3. The van der Waals surface area contributed by atoms with Crippen LogP contribution in [-0.4, -0.2) is 23.7 Å². The molecule has 0 amide bonds. The molecule has 0 saturated carbocycles. The van der Waals surface area contributed by atoms with Gasteiger partial charge in [0.05, 0.1) is 18.2 Å². The molecule has 134 valence electrons. The Morgan fingerprint density at radius 3 is 2.27 bits per heavy atom. The van der Waals surface area contributed by atoms with Crippen LogP contribution in [0.25, 0.3) is 22.0 Å². The van der Waals surface area contributed by atoms with Crippen LogP contribution in [0.2, 0.25) is 0 Å². The lowest BCUT2D eigenvalue weighted by molar-refractivity contribution is 0.0602. The van der Waals surface area contributed by atoms with Gasteiger partial charge in [0, 0.05) is 23.1 Å². The van der Waals surface area contributed by atoms with E-state index in [-0.39, 0.29) is 11.6 Å². The smallest absolute Gasteiger partial charge is 0.338 e. The van der Waals surface area contributed by atoms with E-state index in [1.54, 1.807) is 18.2 Å². The fraction of sp³-hybridized carbons (Fsp3) is 0.238. The van der Waals surface area contributed by atoms with Gasteiger partial charge in [-0.15, -0.1) is 0 Å². The molecule has 2 aromatic carbocycles. The van der Waals surface area contributed by atoms with Crippen LogP contribution in [0.3, 0.4) is 0 Å². The molecule has 4 nitrogen and oxygen atoms in total. The van der Waals surface area contributed by atoms with Crippen molar-refractivity contribution in [3.8, 4) is 11.1 Å². The van der Waals surface area contributed by atoms with E-state index < -0.39 is 12.0 Å². The van der Waals surface area contributed by atoms with E-state index in [9.17, 15) is 14.0 Å². The van der Waals surface area contributed by atoms with E-state index >= 15 is 0 Å². The van der Waals surface area contributed by atoms with E-state index in [0.29, 0.717) is 5.56 Å². The first-order chi connectivity index (χ1) is 12.3.